The van der Waals surface area contributed by atoms with Gasteiger partial charge in [0, 0.05) is 25.6 Å². The lowest BCUT2D eigenvalue weighted by molar-refractivity contribution is -0.118. The van der Waals surface area contributed by atoms with Crippen LogP contribution in [-0.2, 0) is 9.59 Å². The molecule has 0 heterocycles. The standard InChI is InChI=1S/C13H24BrN3O2/c14-9-12(19)17-7-6-16-11-1-3-13(10-15,4-2-11)5-8-18/h8,11,16H,1-7,9-10,15H2,(H,17,19). The summed E-state index contributed by atoms with van der Waals surface area (Å²) in [6, 6.07) is 0.479. The Morgan fingerprint density at radius 3 is 2.58 bits per heavy atom. The highest BCUT2D eigenvalue weighted by molar-refractivity contribution is 9.09. The number of nitrogens with two attached hydrogens (primary N) is 1. The van der Waals surface area contributed by atoms with E-state index in [4.69, 9.17) is 5.73 Å². The number of amides is 1. The minimum absolute atomic E-state index is 0.0126. The maximum atomic E-state index is 11.0. The number of hydrogen-bond acceptors (Lipinski definition) is 4. The van der Waals surface area contributed by atoms with Crippen molar-refractivity contribution in [2.24, 2.45) is 11.1 Å². The fraction of sp³-hybridized carbons (Fsp3) is 0.846. The Bertz CT molecular complexity index is 292. The van der Waals surface area contributed by atoms with E-state index in [9.17, 15) is 9.59 Å². The first-order chi connectivity index (χ1) is 9.15. The lowest BCUT2D eigenvalue weighted by atomic mass is 9.71. The molecule has 4 N–H and O–H groups in total. The zero-order chi connectivity index (χ0) is 14.1. The minimum Gasteiger partial charge on any atom is -0.354 e. The Morgan fingerprint density at radius 2 is 2.05 bits per heavy atom. The predicted molar refractivity (Wildman–Crippen MR) is 79.2 cm³/mol. The van der Waals surface area contributed by atoms with E-state index in [1.807, 2.05) is 0 Å². The van der Waals surface area contributed by atoms with Crippen molar-refractivity contribution in [2.75, 3.05) is 25.0 Å². The molecule has 6 heteroatoms. The lowest BCUT2D eigenvalue weighted by Crippen LogP contribution is -2.43. The normalized spacial score (nSPS) is 26.9. The van der Waals surface area contributed by atoms with Crippen molar-refractivity contribution in [1.82, 2.24) is 10.6 Å². The highest BCUT2D eigenvalue weighted by Crippen LogP contribution is 2.37. The van der Waals surface area contributed by atoms with E-state index in [0.29, 0.717) is 30.9 Å². The molecular weight excluding hydrogens is 310 g/mol. The van der Waals surface area contributed by atoms with Gasteiger partial charge in [-0.1, -0.05) is 15.9 Å². The van der Waals surface area contributed by atoms with Crippen molar-refractivity contribution in [2.45, 2.75) is 38.1 Å². The van der Waals surface area contributed by atoms with Crippen molar-refractivity contribution in [3.05, 3.63) is 0 Å². The monoisotopic (exact) mass is 333 g/mol. The number of aldehydes is 1. The van der Waals surface area contributed by atoms with Crippen LogP contribution in [0.2, 0.25) is 0 Å². The van der Waals surface area contributed by atoms with Crippen molar-refractivity contribution in [3.8, 4) is 0 Å². The molecule has 0 spiro atoms. The summed E-state index contributed by atoms with van der Waals surface area (Å²) in [4.78, 5) is 21.7. The average molecular weight is 334 g/mol. The number of alkyl halides is 1. The van der Waals surface area contributed by atoms with Gasteiger partial charge in [0.1, 0.15) is 6.29 Å². The first-order valence-electron chi connectivity index (χ1n) is 6.85. The molecule has 0 saturated heterocycles. The number of hydrogen-bond donors (Lipinski definition) is 3. The zero-order valence-corrected chi connectivity index (χ0v) is 12.9. The summed E-state index contributed by atoms with van der Waals surface area (Å²) < 4.78 is 0. The summed E-state index contributed by atoms with van der Waals surface area (Å²) in [7, 11) is 0. The van der Waals surface area contributed by atoms with Gasteiger partial charge in [-0.2, -0.15) is 0 Å². The van der Waals surface area contributed by atoms with Crippen LogP contribution < -0.4 is 16.4 Å². The van der Waals surface area contributed by atoms with Crippen LogP contribution in [0.5, 0.6) is 0 Å². The molecule has 0 aliphatic heterocycles. The first kappa shape index (κ1) is 16.6. The van der Waals surface area contributed by atoms with Crippen LogP contribution in [0.25, 0.3) is 0 Å². The molecule has 1 aliphatic rings. The molecule has 0 atom stereocenters. The molecule has 0 aromatic heterocycles. The summed E-state index contributed by atoms with van der Waals surface area (Å²) in [5.74, 6) is 0.0126. The maximum Gasteiger partial charge on any atom is 0.230 e. The molecule has 0 unspecified atom stereocenters. The van der Waals surface area contributed by atoms with Crippen LogP contribution in [0.1, 0.15) is 32.1 Å². The number of carbonyl (C=O) groups is 2. The second kappa shape index (κ2) is 8.66. The van der Waals surface area contributed by atoms with Crippen molar-refractivity contribution in [3.63, 3.8) is 0 Å². The van der Waals surface area contributed by atoms with Crippen molar-refractivity contribution >= 4 is 28.1 Å². The van der Waals surface area contributed by atoms with Gasteiger partial charge in [0.2, 0.25) is 5.91 Å². The second-order valence-electron chi connectivity index (χ2n) is 5.29. The van der Waals surface area contributed by atoms with Gasteiger partial charge in [-0.3, -0.25) is 4.79 Å². The number of rotatable bonds is 8. The molecule has 1 saturated carbocycles. The van der Waals surface area contributed by atoms with Crippen LogP contribution in [0, 0.1) is 5.41 Å². The van der Waals surface area contributed by atoms with Gasteiger partial charge in [0.25, 0.3) is 0 Å². The fourth-order valence-corrected chi connectivity index (χ4v) is 2.83. The van der Waals surface area contributed by atoms with E-state index in [2.05, 4.69) is 26.6 Å². The number of carbonyl (C=O) groups excluding carboxylic acids is 2. The highest BCUT2D eigenvalue weighted by atomic mass is 79.9. The molecule has 1 rings (SSSR count). The second-order valence-corrected chi connectivity index (χ2v) is 5.85. The summed E-state index contributed by atoms with van der Waals surface area (Å²) in [6.07, 6.45) is 5.70. The molecule has 19 heavy (non-hydrogen) atoms. The quantitative estimate of drug-likeness (QED) is 0.344. The summed E-state index contributed by atoms with van der Waals surface area (Å²) in [5.41, 5.74) is 5.84. The molecular formula is C13H24BrN3O2. The smallest absolute Gasteiger partial charge is 0.230 e. The van der Waals surface area contributed by atoms with E-state index in [1.165, 1.54) is 0 Å². The van der Waals surface area contributed by atoms with E-state index < -0.39 is 0 Å². The Labute approximate surface area is 123 Å². The third-order valence-electron chi connectivity index (χ3n) is 4.00. The third kappa shape index (κ3) is 5.58. The van der Waals surface area contributed by atoms with E-state index in [1.54, 1.807) is 0 Å². The largest absolute Gasteiger partial charge is 0.354 e. The van der Waals surface area contributed by atoms with Gasteiger partial charge in [0.15, 0.2) is 0 Å². The van der Waals surface area contributed by atoms with Gasteiger partial charge >= 0.3 is 0 Å². The van der Waals surface area contributed by atoms with Gasteiger partial charge in [-0.15, -0.1) is 0 Å². The van der Waals surface area contributed by atoms with E-state index >= 15 is 0 Å². The molecule has 110 valence electrons. The van der Waals surface area contributed by atoms with Gasteiger partial charge in [-0.05, 0) is 37.6 Å². The van der Waals surface area contributed by atoms with Gasteiger partial charge in [0.05, 0.1) is 5.33 Å². The molecule has 1 aliphatic carbocycles. The van der Waals surface area contributed by atoms with Crippen molar-refractivity contribution < 1.29 is 9.59 Å². The minimum atomic E-state index is 0.0126. The number of halogens is 1. The maximum absolute atomic E-state index is 11.0. The predicted octanol–water partition coefficient (Wildman–Crippen LogP) is 0.564. The average Bonchev–Trinajstić information content (AvgIpc) is 2.45. The SMILES string of the molecule is NCC1(CC=O)CCC(NCCNC(=O)CBr)CC1. The Hall–Kier alpha value is -0.460. The topological polar surface area (TPSA) is 84.2 Å². The van der Waals surface area contributed by atoms with Crippen molar-refractivity contribution in [1.29, 1.82) is 0 Å². The molecule has 0 aromatic rings. The first-order valence-corrected chi connectivity index (χ1v) is 7.98. The molecule has 0 aromatic carbocycles. The number of nitrogens with one attached hydrogen (secondary N) is 2. The lowest BCUT2D eigenvalue weighted by Gasteiger charge is -2.38. The van der Waals surface area contributed by atoms with Gasteiger partial charge < -0.3 is 21.2 Å². The fourth-order valence-electron chi connectivity index (χ4n) is 2.63. The van der Waals surface area contributed by atoms with Crippen LogP contribution in [0.3, 0.4) is 0 Å². The Balaban J connectivity index is 2.19. The Morgan fingerprint density at radius 1 is 1.37 bits per heavy atom. The molecule has 0 radical (unpaired) electrons. The van der Waals surface area contributed by atoms with Gasteiger partial charge in [-0.25, -0.2) is 0 Å². The van der Waals surface area contributed by atoms with Crippen LogP contribution in [-0.4, -0.2) is 43.2 Å². The molecule has 1 amide bonds. The highest BCUT2D eigenvalue weighted by Gasteiger charge is 2.33. The van der Waals surface area contributed by atoms with Crippen LogP contribution in [0.4, 0.5) is 0 Å². The summed E-state index contributed by atoms with van der Waals surface area (Å²) in [5, 5.41) is 6.60. The third-order valence-corrected chi connectivity index (χ3v) is 4.51. The zero-order valence-electron chi connectivity index (χ0n) is 11.3. The van der Waals surface area contributed by atoms with Crippen LogP contribution in [0.15, 0.2) is 0 Å². The van der Waals surface area contributed by atoms with E-state index in [0.717, 1.165) is 38.5 Å². The molecule has 1 fully saturated rings. The van der Waals surface area contributed by atoms with E-state index in [-0.39, 0.29) is 11.3 Å². The summed E-state index contributed by atoms with van der Waals surface area (Å²) in [6.45, 7) is 2.03. The Kier molecular flexibility index (Phi) is 7.56. The summed E-state index contributed by atoms with van der Waals surface area (Å²) >= 11 is 3.11. The molecule has 5 nitrogen and oxygen atoms in total. The van der Waals surface area contributed by atoms with Crippen LogP contribution >= 0.6 is 15.9 Å². The molecule has 0 bridgehead atoms.